The maximum Gasteiger partial charge on any atom is 0.356 e. The lowest BCUT2D eigenvalue weighted by Crippen LogP contribution is -1.99. The monoisotopic (exact) mass is 403 g/mol. The molecule has 0 unspecified atom stereocenters. The molecule has 0 fully saturated rings. The topological polar surface area (TPSA) is 50.2 Å². The lowest BCUT2D eigenvalue weighted by atomic mass is 10.1. The van der Waals surface area contributed by atoms with Gasteiger partial charge in [0.05, 0.1) is 9.88 Å². The molecule has 0 aliphatic carbocycles. The number of carbonyl (C=O) groups is 1. The molecule has 0 radical (unpaired) electrons. The second-order valence-corrected chi connectivity index (χ2v) is 6.76. The molecule has 1 heterocycles. The Labute approximate surface area is 131 Å². The van der Waals surface area contributed by atoms with Gasteiger partial charge in [-0.1, -0.05) is 13.0 Å². The fourth-order valence-corrected chi connectivity index (χ4v) is 3.44. The average Bonchev–Trinajstić information content (AvgIpc) is 2.77. The summed E-state index contributed by atoms with van der Waals surface area (Å²) in [6.45, 7) is 2.05. The second kappa shape index (κ2) is 6.15. The van der Waals surface area contributed by atoms with Gasteiger partial charge in [-0.3, -0.25) is 0 Å². The molecule has 1 aromatic carbocycles. The molecular formula is C13H11Br2NO2S. The Bertz CT molecular complexity index is 625. The fourth-order valence-electron chi connectivity index (χ4n) is 1.66. The normalized spacial score (nSPS) is 10.7. The van der Waals surface area contributed by atoms with Gasteiger partial charge >= 0.3 is 5.97 Å². The number of aryl methyl sites for hydroxylation is 1. The third kappa shape index (κ3) is 3.24. The Morgan fingerprint density at radius 1 is 1.37 bits per heavy atom. The van der Waals surface area contributed by atoms with Crippen LogP contribution in [0.3, 0.4) is 0 Å². The zero-order chi connectivity index (χ0) is 14.0. The lowest BCUT2D eigenvalue weighted by molar-refractivity contribution is 0.0692. The molecule has 0 aliphatic rings. The van der Waals surface area contributed by atoms with E-state index in [0.717, 1.165) is 32.4 Å². The van der Waals surface area contributed by atoms with Crippen LogP contribution in [0, 0.1) is 0 Å². The molecule has 0 spiro atoms. The summed E-state index contributed by atoms with van der Waals surface area (Å²) >= 11 is 8.29. The molecule has 2 aromatic rings. The first kappa shape index (κ1) is 14.7. The van der Waals surface area contributed by atoms with Crippen molar-refractivity contribution >= 4 is 49.2 Å². The predicted octanol–water partition coefficient (Wildman–Crippen LogP) is 4.99. The highest BCUT2D eigenvalue weighted by Gasteiger charge is 2.18. The number of carboxylic acids is 1. The molecule has 2 rings (SSSR count). The molecule has 0 saturated carbocycles. The van der Waals surface area contributed by atoms with Crippen LogP contribution >= 0.6 is 43.2 Å². The first-order valence-corrected chi connectivity index (χ1v) is 8.11. The zero-order valence-corrected chi connectivity index (χ0v) is 14.1. The van der Waals surface area contributed by atoms with Gasteiger partial charge in [0.2, 0.25) is 0 Å². The van der Waals surface area contributed by atoms with Crippen molar-refractivity contribution in [3.05, 3.63) is 37.8 Å². The van der Waals surface area contributed by atoms with Crippen molar-refractivity contribution in [2.45, 2.75) is 19.8 Å². The van der Waals surface area contributed by atoms with E-state index in [1.807, 2.05) is 18.2 Å². The Morgan fingerprint density at radius 2 is 2.11 bits per heavy atom. The van der Waals surface area contributed by atoms with E-state index in [4.69, 9.17) is 0 Å². The van der Waals surface area contributed by atoms with Crippen molar-refractivity contribution in [3.8, 4) is 10.4 Å². The van der Waals surface area contributed by atoms with Crippen LogP contribution in [-0.2, 0) is 6.42 Å². The maximum absolute atomic E-state index is 11.3. The average molecular weight is 405 g/mol. The highest BCUT2D eigenvalue weighted by Crippen LogP contribution is 2.35. The Hall–Kier alpha value is -0.720. The second-order valence-electron chi connectivity index (χ2n) is 3.97. The molecule has 0 saturated heterocycles. The third-order valence-corrected chi connectivity index (χ3v) is 5.56. The number of hydrogen-bond acceptors (Lipinski definition) is 3. The minimum absolute atomic E-state index is 0.141. The zero-order valence-electron chi connectivity index (χ0n) is 10.1. The Kier molecular flexibility index (Phi) is 4.76. The molecule has 0 atom stereocenters. The molecule has 0 aliphatic heterocycles. The van der Waals surface area contributed by atoms with E-state index in [-0.39, 0.29) is 5.69 Å². The molecule has 0 bridgehead atoms. The quantitative estimate of drug-likeness (QED) is 0.781. The van der Waals surface area contributed by atoms with Crippen molar-refractivity contribution in [2.75, 3.05) is 0 Å². The minimum Gasteiger partial charge on any atom is -0.476 e. The van der Waals surface area contributed by atoms with E-state index in [1.165, 1.54) is 11.3 Å². The van der Waals surface area contributed by atoms with Crippen molar-refractivity contribution in [1.82, 2.24) is 4.98 Å². The van der Waals surface area contributed by atoms with Gasteiger partial charge in [0.1, 0.15) is 0 Å². The van der Waals surface area contributed by atoms with Crippen molar-refractivity contribution in [2.24, 2.45) is 0 Å². The van der Waals surface area contributed by atoms with Crippen LogP contribution in [0.1, 0.15) is 28.8 Å². The number of nitrogens with zero attached hydrogens (tertiary/aromatic N) is 1. The summed E-state index contributed by atoms with van der Waals surface area (Å²) in [4.78, 5) is 16.2. The highest BCUT2D eigenvalue weighted by atomic mass is 79.9. The summed E-state index contributed by atoms with van der Waals surface area (Å²) in [6, 6.07) is 5.69. The van der Waals surface area contributed by atoms with E-state index >= 15 is 0 Å². The van der Waals surface area contributed by atoms with Gasteiger partial charge in [-0.2, -0.15) is 0 Å². The molecule has 1 N–H and O–H groups in total. The van der Waals surface area contributed by atoms with Crippen LogP contribution in [0.25, 0.3) is 10.4 Å². The van der Waals surface area contributed by atoms with Gasteiger partial charge in [-0.05, 0) is 62.4 Å². The summed E-state index contributed by atoms with van der Waals surface area (Å²) in [5.41, 5.74) is 1.01. The molecule has 19 heavy (non-hydrogen) atoms. The van der Waals surface area contributed by atoms with Gasteiger partial charge in [0.15, 0.2) is 5.69 Å². The standard InChI is InChI=1S/C13H11Br2NO2S/c1-2-3-10-16-11(13(17)18)12(19-10)7-4-5-8(14)9(15)6-7/h4-6H,2-3H2,1H3,(H,17,18). The molecule has 3 nitrogen and oxygen atoms in total. The van der Waals surface area contributed by atoms with Crippen LogP contribution in [0.15, 0.2) is 27.1 Å². The van der Waals surface area contributed by atoms with E-state index < -0.39 is 5.97 Å². The fraction of sp³-hybridized carbons (Fsp3) is 0.231. The summed E-state index contributed by atoms with van der Waals surface area (Å²) < 4.78 is 1.83. The number of aromatic carboxylic acids is 1. The smallest absolute Gasteiger partial charge is 0.356 e. The maximum atomic E-state index is 11.3. The van der Waals surface area contributed by atoms with Gasteiger partial charge in [-0.25, -0.2) is 9.78 Å². The number of thiazole rings is 1. The lowest BCUT2D eigenvalue weighted by Gasteiger charge is -2.01. The van der Waals surface area contributed by atoms with Gasteiger partial charge in [0, 0.05) is 8.95 Å². The molecule has 6 heteroatoms. The van der Waals surface area contributed by atoms with E-state index in [9.17, 15) is 9.90 Å². The number of aromatic nitrogens is 1. The summed E-state index contributed by atoms with van der Waals surface area (Å²) in [6.07, 6.45) is 1.76. The van der Waals surface area contributed by atoms with Crippen LogP contribution in [0.2, 0.25) is 0 Å². The first-order chi connectivity index (χ1) is 9.02. The summed E-state index contributed by atoms with van der Waals surface area (Å²) in [5, 5.41) is 10.1. The minimum atomic E-state index is -0.979. The van der Waals surface area contributed by atoms with Gasteiger partial charge in [-0.15, -0.1) is 11.3 Å². The van der Waals surface area contributed by atoms with Crippen molar-refractivity contribution in [1.29, 1.82) is 0 Å². The summed E-state index contributed by atoms with van der Waals surface area (Å²) in [7, 11) is 0. The molecular weight excluding hydrogens is 394 g/mol. The number of halogens is 2. The van der Waals surface area contributed by atoms with Crippen molar-refractivity contribution < 1.29 is 9.90 Å². The van der Waals surface area contributed by atoms with Gasteiger partial charge < -0.3 is 5.11 Å². The Balaban J connectivity index is 2.53. The molecule has 1 aromatic heterocycles. The molecule has 0 amide bonds. The Morgan fingerprint density at radius 3 is 2.68 bits per heavy atom. The number of benzene rings is 1. The number of hydrogen-bond donors (Lipinski definition) is 1. The largest absolute Gasteiger partial charge is 0.476 e. The number of carboxylic acid groups (broad SMARTS) is 1. The van der Waals surface area contributed by atoms with Crippen LogP contribution in [0.4, 0.5) is 0 Å². The van der Waals surface area contributed by atoms with Crippen LogP contribution < -0.4 is 0 Å². The highest BCUT2D eigenvalue weighted by molar-refractivity contribution is 9.13. The van der Waals surface area contributed by atoms with Crippen LogP contribution in [-0.4, -0.2) is 16.1 Å². The van der Waals surface area contributed by atoms with Crippen molar-refractivity contribution in [3.63, 3.8) is 0 Å². The third-order valence-electron chi connectivity index (χ3n) is 2.52. The van der Waals surface area contributed by atoms with Gasteiger partial charge in [0.25, 0.3) is 0 Å². The number of rotatable bonds is 4. The predicted molar refractivity (Wildman–Crippen MR) is 83.9 cm³/mol. The SMILES string of the molecule is CCCc1nc(C(=O)O)c(-c2ccc(Br)c(Br)c2)s1. The van der Waals surface area contributed by atoms with E-state index in [2.05, 4.69) is 43.8 Å². The van der Waals surface area contributed by atoms with E-state index in [1.54, 1.807) is 0 Å². The molecule has 100 valence electrons. The van der Waals surface area contributed by atoms with E-state index in [0.29, 0.717) is 4.88 Å². The first-order valence-electron chi connectivity index (χ1n) is 5.71. The van der Waals surface area contributed by atoms with Crippen LogP contribution in [0.5, 0.6) is 0 Å². The summed E-state index contributed by atoms with van der Waals surface area (Å²) in [5.74, 6) is -0.979.